The maximum atomic E-state index is 13.6. The fourth-order valence-electron chi connectivity index (χ4n) is 2.08. The highest BCUT2D eigenvalue weighted by molar-refractivity contribution is 5.91. The van der Waals surface area contributed by atoms with Gasteiger partial charge in [-0.3, -0.25) is 4.98 Å². The number of rotatable bonds is 2. The second-order valence-corrected chi connectivity index (χ2v) is 4.42. The average molecular weight is 267 g/mol. The van der Waals surface area contributed by atoms with Crippen LogP contribution < -0.4 is 0 Å². The molecule has 0 atom stereocenters. The summed E-state index contributed by atoms with van der Waals surface area (Å²) in [5.74, 6) is -1.16. The molecular formula is C17H11F2N. The smallest absolute Gasteiger partial charge is 0.133 e. The summed E-state index contributed by atoms with van der Waals surface area (Å²) in [5, 5.41) is 2.07. The van der Waals surface area contributed by atoms with Crippen LogP contribution in [-0.4, -0.2) is 4.98 Å². The number of fused-ring (bicyclic) bond motifs is 1. The first kappa shape index (κ1) is 12.5. The molecule has 2 aromatic carbocycles. The van der Waals surface area contributed by atoms with E-state index in [2.05, 4.69) is 4.98 Å². The van der Waals surface area contributed by atoms with Crippen molar-refractivity contribution >= 4 is 22.9 Å². The molecule has 0 unspecified atom stereocenters. The lowest BCUT2D eigenvalue weighted by molar-refractivity contribution is 0.581. The van der Waals surface area contributed by atoms with Gasteiger partial charge < -0.3 is 0 Å². The van der Waals surface area contributed by atoms with Crippen LogP contribution in [0.5, 0.6) is 0 Å². The van der Waals surface area contributed by atoms with Crippen LogP contribution in [0.4, 0.5) is 8.78 Å². The summed E-state index contributed by atoms with van der Waals surface area (Å²) in [7, 11) is 0. The van der Waals surface area contributed by atoms with Gasteiger partial charge in [0.2, 0.25) is 0 Å². The molecule has 0 amide bonds. The fourth-order valence-corrected chi connectivity index (χ4v) is 2.08. The van der Waals surface area contributed by atoms with Crippen LogP contribution in [0.1, 0.15) is 11.3 Å². The minimum Gasteiger partial charge on any atom is -0.256 e. The second-order valence-electron chi connectivity index (χ2n) is 4.42. The van der Waals surface area contributed by atoms with Crippen LogP contribution in [0.15, 0.2) is 54.7 Å². The van der Waals surface area contributed by atoms with Gasteiger partial charge in [-0.25, -0.2) is 8.78 Å². The molecule has 0 saturated carbocycles. The summed E-state index contributed by atoms with van der Waals surface area (Å²) in [5.41, 5.74) is 1.09. The minimum absolute atomic E-state index is 0.334. The number of hydrogen-bond acceptors (Lipinski definition) is 1. The van der Waals surface area contributed by atoms with Crippen molar-refractivity contribution in [2.45, 2.75) is 0 Å². The molecular weight excluding hydrogens is 256 g/mol. The van der Waals surface area contributed by atoms with Gasteiger partial charge in [0.15, 0.2) is 0 Å². The largest absolute Gasteiger partial charge is 0.256 e. The topological polar surface area (TPSA) is 12.9 Å². The van der Waals surface area contributed by atoms with Crippen molar-refractivity contribution in [1.82, 2.24) is 4.98 Å². The van der Waals surface area contributed by atoms with Gasteiger partial charge >= 0.3 is 0 Å². The molecule has 0 spiro atoms. The molecule has 3 heteroatoms. The zero-order valence-electron chi connectivity index (χ0n) is 10.6. The van der Waals surface area contributed by atoms with Crippen LogP contribution >= 0.6 is 0 Å². The van der Waals surface area contributed by atoms with E-state index in [1.807, 2.05) is 30.3 Å². The highest BCUT2D eigenvalue weighted by Gasteiger charge is 2.01. The van der Waals surface area contributed by atoms with Crippen molar-refractivity contribution in [2.75, 3.05) is 0 Å². The standard InChI is InChI=1S/C17H11F2N/c18-14-7-5-13(16(19)11-14)6-8-17-15-4-2-1-3-12(15)9-10-20-17/h1-11H. The highest BCUT2D eigenvalue weighted by atomic mass is 19.1. The summed E-state index contributed by atoms with van der Waals surface area (Å²) >= 11 is 0. The molecule has 1 heterocycles. The summed E-state index contributed by atoms with van der Waals surface area (Å²) in [6.07, 6.45) is 5.05. The van der Waals surface area contributed by atoms with Gasteiger partial charge in [-0.2, -0.15) is 0 Å². The van der Waals surface area contributed by atoms with E-state index in [4.69, 9.17) is 0 Å². The average Bonchev–Trinajstić information content (AvgIpc) is 2.46. The summed E-state index contributed by atoms with van der Waals surface area (Å²) < 4.78 is 26.4. The minimum atomic E-state index is -0.582. The first-order valence-electron chi connectivity index (χ1n) is 6.21. The third-order valence-corrected chi connectivity index (χ3v) is 3.09. The third-order valence-electron chi connectivity index (χ3n) is 3.09. The molecule has 0 aliphatic carbocycles. The van der Waals surface area contributed by atoms with Crippen LogP contribution in [0.3, 0.4) is 0 Å². The Morgan fingerprint density at radius 2 is 1.75 bits per heavy atom. The molecule has 0 aliphatic heterocycles. The van der Waals surface area contributed by atoms with E-state index in [9.17, 15) is 8.78 Å². The first-order chi connectivity index (χ1) is 9.74. The lowest BCUT2D eigenvalue weighted by atomic mass is 10.1. The molecule has 20 heavy (non-hydrogen) atoms. The van der Waals surface area contributed by atoms with Gasteiger partial charge in [0.1, 0.15) is 11.6 Å². The number of pyridine rings is 1. The Hall–Kier alpha value is -2.55. The summed E-state index contributed by atoms with van der Waals surface area (Å²) in [6.45, 7) is 0. The van der Waals surface area contributed by atoms with Crippen molar-refractivity contribution < 1.29 is 8.78 Å². The van der Waals surface area contributed by atoms with Gasteiger partial charge in [0, 0.05) is 23.2 Å². The van der Waals surface area contributed by atoms with Gasteiger partial charge in [-0.1, -0.05) is 24.3 Å². The van der Waals surface area contributed by atoms with E-state index in [1.54, 1.807) is 18.3 Å². The maximum Gasteiger partial charge on any atom is 0.133 e. The Balaban J connectivity index is 2.02. The van der Waals surface area contributed by atoms with Crippen molar-refractivity contribution in [2.24, 2.45) is 0 Å². The number of hydrogen-bond donors (Lipinski definition) is 0. The Bertz CT molecular complexity index is 789. The van der Waals surface area contributed by atoms with Gasteiger partial charge in [0.05, 0.1) is 5.69 Å². The predicted molar refractivity (Wildman–Crippen MR) is 77.0 cm³/mol. The fraction of sp³-hybridized carbons (Fsp3) is 0. The molecule has 3 rings (SSSR count). The molecule has 1 aromatic heterocycles. The van der Waals surface area contributed by atoms with E-state index in [0.717, 1.165) is 22.5 Å². The van der Waals surface area contributed by atoms with Crippen molar-refractivity contribution in [3.05, 3.63) is 77.6 Å². The molecule has 98 valence electrons. The van der Waals surface area contributed by atoms with Gasteiger partial charge in [0.25, 0.3) is 0 Å². The zero-order chi connectivity index (χ0) is 13.9. The number of nitrogens with zero attached hydrogens (tertiary/aromatic N) is 1. The molecule has 0 N–H and O–H groups in total. The molecule has 0 bridgehead atoms. The lowest BCUT2D eigenvalue weighted by Crippen LogP contribution is -1.85. The Kier molecular flexibility index (Phi) is 3.25. The SMILES string of the molecule is Fc1ccc(C=Cc2nccc3ccccc23)c(F)c1. The van der Waals surface area contributed by atoms with Crippen molar-refractivity contribution in [3.8, 4) is 0 Å². The number of aromatic nitrogens is 1. The third kappa shape index (κ3) is 2.43. The number of halogens is 2. The molecule has 0 radical (unpaired) electrons. The van der Waals surface area contributed by atoms with Crippen LogP contribution in [0.25, 0.3) is 22.9 Å². The molecule has 3 aromatic rings. The Morgan fingerprint density at radius 1 is 0.900 bits per heavy atom. The molecule has 0 aliphatic rings. The molecule has 1 nitrogen and oxygen atoms in total. The summed E-state index contributed by atoms with van der Waals surface area (Å²) in [6, 6.07) is 13.3. The Morgan fingerprint density at radius 3 is 2.60 bits per heavy atom. The first-order valence-corrected chi connectivity index (χ1v) is 6.21. The van der Waals surface area contributed by atoms with E-state index in [-0.39, 0.29) is 0 Å². The zero-order valence-corrected chi connectivity index (χ0v) is 10.6. The quantitative estimate of drug-likeness (QED) is 0.656. The molecule has 0 fully saturated rings. The molecule has 0 saturated heterocycles. The van der Waals surface area contributed by atoms with E-state index in [0.29, 0.717) is 5.56 Å². The summed E-state index contributed by atoms with van der Waals surface area (Å²) in [4.78, 5) is 4.29. The number of benzene rings is 2. The monoisotopic (exact) mass is 267 g/mol. The predicted octanol–water partition coefficient (Wildman–Crippen LogP) is 4.68. The van der Waals surface area contributed by atoms with Crippen LogP contribution in [0.2, 0.25) is 0 Å². The van der Waals surface area contributed by atoms with Crippen molar-refractivity contribution in [3.63, 3.8) is 0 Å². The highest BCUT2D eigenvalue weighted by Crippen LogP contribution is 2.19. The van der Waals surface area contributed by atoms with Crippen LogP contribution in [0, 0.1) is 11.6 Å². The van der Waals surface area contributed by atoms with Gasteiger partial charge in [-0.15, -0.1) is 0 Å². The van der Waals surface area contributed by atoms with Crippen molar-refractivity contribution in [1.29, 1.82) is 0 Å². The second kappa shape index (κ2) is 5.21. The maximum absolute atomic E-state index is 13.6. The lowest BCUT2D eigenvalue weighted by Gasteiger charge is -2.01. The van der Waals surface area contributed by atoms with E-state index in [1.165, 1.54) is 12.1 Å². The Labute approximate surface area is 115 Å². The normalized spacial score (nSPS) is 11.3. The van der Waals surface area contributed by atoms with Gasteiger partial charge in [-0.05, 0) is 35.7 Å². The van der Waals surface area contributed by atoms with Crippen LogP contribution in [-0.2, 0) is 0 Å². The van der Waals surface area contributed by atoms with E-state index < -0.39 is 11.6 Å². The van der Waals surface area contributed by atoms with E-state index >= 15 is 0 Å².